The Morgan fingerprint density at radius 1 is 0.613 bits per heavy atom. The molecule has 1 aliphatic heterocycles. The molecule has 5 aromatic carbocycles. The summed E-state index contributed by atoms with van der Waals surface area (Å²) in [7, 11) is 0. The van der Waals surface area contributed by atoms with Gasteiger partial charge in [0.15, 0.2) is 6.29 Å². The molecule has 6 rings (SSSR count). The van der Waals surface area contributed by atoms with Gasteiger partial charge < -0.3 is 38.3 Å². The first-order valence-electron chi connectivity index (χ1n) is 21.2. The maximum atomic E-state index is 11.5. The Hall–Kier alpha value is -5.35. The highest BCUT2D eigenvalue weighted by molar-refractivity contribution is 5.18. The van der Waals surface area contributed by atoms with Crippen molar-refractivity contribution in [3.05, 3.63) is 190 Å². The van der Waals surface area contributed by atoms with Crippen LogP contribution in [0.1, 0.15) is 48.1 Å². The molecule has 0 aromatic heterocycles. The normalized spacial score (nSPS) is 20.0. The second-order valence-corrected chi connectivity index (χ2v) is 15.6. The molecule has 1 N–H and O–H groups in total. The van der Waals surface area contributed by atoms with Crippen LogP contribution >= 0.6 is 0 Å². The standard InChI is InChI=1S/C51H57N3O8/c1-38(2)19-18-30-45(55)47(57-32-40-22-10-4-11-23-40)44(53-54-52)36-61-51-50(60-35-43-28-16-7-17-29-43)49(59-34-42-26-14-6-15-27-42)48(58-33-41-24-12-5-13-25-41)46(62-51)37-56-31-39-20-8-3-9-21-39/h3-17,20-29,38,44-51,55H,19,31-37H2,1-2H3/t44-,45+,46+,47-,48-,49-,50+,51-/m0/s1. The third-order valence-corrected chi connectivity index (χ3v) is 10.2. The molecule has 0 aliphatic carbocycles. The summed E-state index contributed by atoms with van der Waals surface area (Å²) in [6, 6.07) is 48.1. The summed E-state index contributed by atoms with van der Waals surface area (Å²) in [5, 5.41) is 15.6. The first kappa shape index (κ1) is 46.2. The number of hydrogen-bond acceptors (Lipinski definition) is 9. The van der Waals surface area contributed by atoms with Crippen LogP contribution in [0.5, 0.6) is 0 Å². The monoisotopic (exact) mass is 839 g/mol. The minimum Gasteiger partial charge on any atom is -0.378 e. The van der Waals surface area contributed by atoms with Crippen molar-refractivity contribution in [2.45, 2.75) is 102 Å². The maximum absolute atomic E-state index is 11.5. The van der Waals surface area contributed by atoms with Crippen molar-refractivity contribution in [1.82, 2.24) is 0 Å². The van der Waals surface area contributed by atoms with Gasteiger partial charge in [0.1, 0.15) is 36.6 Å². The minimum atomic E-state index is -1.29. The number of hydrogen-bond donors (Lipinski definition) is 1. The second-order valence-electron chi connectivity index (χ2n) is 15.6. The zero-order chi connectivity index (χ0) is 43.2. The lowest BCUT2D eigenvalue weighted by Gasteiger charge is -2.46. The quantitative estimate of drug-likeness (QED) is 0.0298. The summed E-state index contributed by atoms with van der Waals surface area (Å²) in [5.41, 5.74) is 14.6. The van der Waals surface area contributed by atoms with E-state index in [-0.39, 0.29) is 39.6 Å². The number of aliphatic hydroxyl groups excluding tert-OH is 1. The smallest absolute Gasteiger partial charge is 0.186 e. The molecule has 1 saturated heterocycles. The molecule has 0 amide bonds. The van der Waals surface area contributed by atoms with E-state index in [1.165, 1.54) is 0 Å². The molecule has 0 radical (unpaired) electrons. The lowest BCUT2D eigenvalue weighted by Crippen LogP contribution is -2.62. The van der Waals surface area contributed by atoms with Crippen molar-refractivity contribution in [2.75, 3.05) is 13.2 Å². The topological polar surface area (TPSA) is 134 Å². The van der Waals surface area contributed by atoms with E-state index in [1.807, 2.05) is 152 Å². The Morgan fingerprint density at radius 2 is 1.06 bits per heavy atom. The molecule has 0 unspecified atom stereocenters. The van der Waals surface area contributed by atoms with Gasteiger partial charge in [0.25, 0.3) is 0 Å². The van der Waals surface area contributed by atoms with Crippen LogP contribution < -0.4 is 0 Å². The Balaban J connectivity index is 1.33. The SMILES string of the molecule is CC(C)CC#C[C@@H](O)[C@@H](OCc1ccccc1)[C@H](CO[C@H]1O[C@H](COCc2ccccc2)[C@H](OCc2ccccc2)[C@H](OCc2ccccc2)[C@H]1OCc1ccccc1)N=[N+]=[N-]. The van der Waals surface area contributed by atoms with Crippen LogP contribution in [-0.2, 0) is 66.2 Å². The predicted molar refractivity (Wildman–Crippen MR) is 237 cm³/mol. The number of benzene rings is 5. The summed E-state index contributed by atoms with van der Waals surface area (Å²) in [6.07, 6.45) is -5.78. The molecule has 1 fully saturated rings. The van der Waals surface area contributed by atoms with Crippen LogP contribution in [0.4, 0.5) is 0 Å². The second kappa shape index (κ2) is 25.6. The van der Waals surface area contributed by atoms with Gasteiger partial charge in [-0.15, -0.1) is 5.92 Å². The fraction of sp³-hybridized carbons (Fsp3) is 0.373. The van der Waals surface area contributed by atoms with Crippen molar-refractivity contribution in [1.29, 1.82) is 0 Å². The van der Waals surface area contributed by atoms with Gasteiger partial charge in [0.2, 0.25) is 0 Å². The molecule has 1 heterocycles. The van der Waals surface area contributed by atoms with Crippen molar-refractivity contribution in [2.24, 2.45) is 11.0 Å². The zero-order valence-corrected chi connectivity index (χ0v) is 35.4. The molecular weight excluding hydrogens is 783 g/mol. The van der Waals surface area contributed by atoms with Gasteiger partial charge in [-0.3, -0.25) is 0 Å². The molecule has 11 nitrogen and oxygen atoms in total. The van der Waals surface area contributed by atoms with E-state index in [1.54, 1.807) is 0 Å². The maximum Gasteiger partial charge on any atom is 0.186 e. The average Bonchev–Trinajstić information content (AvgIpc) is 3.30. The van der Waals surface area contributed by atoms with Crippen molar-refractivity contribution >= 4 is 0 Å². The van der Waals surface area contributed by atoms with Gasteiger partial charge in [0.05, 0.1) is 52.3 Å². The molecule has 62 heavy (non-hydrogen) atoms. The van der Waals surface area contributed by atoms with E-state index >= 15 is 0 Å². The molecule has 8 atom stereocenters. The predicted octanol–water partition coefficient (Wildman–Crippen LogP) is 9.38. The van der Waals surface area contributed by atoms with Crippen LogP contribution in [0.25, 0.3) is 10.4 Å². The number of nitrogens with zero attached hydrogens (tertiary/aromatic N) is 3. The van der Waals surface area contributed by atoms with E-state index in [0.717, 1.165) is 27.8 Å². The third kappa shape index (κ3) is 14.9. The lowest BCUT2D eigenvalue weighted by atomic mass is 9.97. The van der Waals surface area contributed by atoms with Gasteiger partial charge in [0, 0.05) is 11.3 Å². The van der Waals surface area contributed by atoms with Crippen molar-refractivity contribution in [3.63, 3.8) is 0 Å². The molecule has 1 aliphatic rings. The first-order chi connectivity index (χ1) is 30.5. The Morgan fingerprint density at radius 3 is 1.55 bits per heavy atom. The van der Waals surface area contributed by atoms with Gasteiger partial charge in [-0.25, -0.2) is 0 Å². The lowest BCUT2D eigenvalue weighted by molar-refractivity contribution is -0.329. The molecule has 324 valence electrons. The average molecular weight is 840 g/mol. The van der Waals surface area contributed by atoms with E-state index in [4.69, 9.17) is 33.2 Å². The van der Waals surface area contributed by atoms with Crippen LogP contribution in [0, 0.1) is 17.8 Å². The summed E-state index contributed by atoms with van der Waals surface area (Å²) in [6.45, 7) is 5.27. The highest BCUT2D eigenvalue weighted by Gasteiger charge is 2.49. The minimum absolute atomic E-state index is 0.136. The van der Waals surface area contributed by atoms with E-state index < -0.39 is 49.0 Å². The summed E-state index contributed by atoms with van der Waals surface area (Å²) in [4.78, 5) is 3.16. The van der Waals surface area contributed by atoms with Crippen LogP contribution in [0.2, 0.25) is 0 Å². The number of azide groups is 1. The van der Waals surface area contributed by atoms with Gasteiger partial charge in [-0.1, -0.05) is 177 Å². The van der Waals surface area contributed by atoms with Crippen molar-refractivity contribution in [3.8, 4) is 11.8 Å². The molecular formula is C51H57N3O8. The highest BCUT2D eigenvalue weighted by atomic mass is 16.7. The van der Waals surface area contributed by atoms with Gasteiger partial charge in [-0.2, -0.15) is 0 Å². The van der Waals surface area contributed by atoms with E-state index in [0.29, 0.717) is 18.9 Å². The Bertz CT molecular complexity index is 2100. The number of rotatable bonds is 23. The van der Waals surface area contributed by atoms with Crippen LogP contribution in [0.3, 0.4) is 0 Å². The van der Waals surface area contributed by atoms with Crippen molar-refractivity contribution < 1.29 is 38.3 Å². The summed E-state index contributed by atoms with van der Waals surface area (Å²) >= 11 is 0. The summed E-state index contributed by atoms with van der Waals surface area (Å²) < 4.78 is 46.6. The van der Waals surface area contributed by atoms with E-state index in [2.05, 4.69) is 35.7 Å². The number of ether oxygens (including phenoxy) is 7. The Kier molecular flexibility index (Phi) is 19.0. The molecule has 0 spiro atoms. The molecule has 11 heteroatoms. The molecule has 0 saturated carbocycles. The zero-order valence-electron chi connectivity index (χ0n) is 35.4. The fourth-order valence-corrected chi connectivity index (χ4v) is 6.96. The van der Waals surface area contributed by atoms with E-state index in [9.17, 15) is 10.6 Å². The van der Waals surface area contributed by atoms with Crippen LogP contribution in [0.15, 0.2) is 157 Å². The van der Waals surface area contributed by atoms with Gasteiger partial charge >= 0.3 is 0 Å². The largest absolute Gasteiger partial charge is 0.378 e. The Labute approximate surface area is 365 Å². The first-order valence-corrected chi connectivity index (χ1v) is 21.2. The molecule has 5 aromatic rings. The van der Waals surface area contributed by atoms with Gasteiger partial charge in [-0.05, 0) is 39.3 Å². The number of aliphatic hydroxyl groups is 1. The molecule has 0 bridgehead atoms. The van der Waals surface area contributed by atoms with Crippen LogP contribution in [-0.4, -0.2) is 67.3 Å². The fourth-order valence-electron chi connectivity index (χ4n) is 6.96. The third-order valence-electron chi connectivity index (χ3n) is 10.2. The summed E-state index contributed by atoms with van der Waals surface area (Å²) in [5.74, 6) is 6.28. The highest BCUT2D eigenvalue weighted by Crippen LogP contribution is 2.32.